The molecule has 0 spiro atoms. The van der Waals surface area contributed by atoms with E-state index in [-0.39, 0.29) is 11.7 Å². The average molecular weight is 491 g/mol. The highest BCUT2D eigenvalue weighted by molar-refractivity contribution is 5.33. The van der Waals surface area contributed by atoms with E-state index in [1.165, 1.54) is 83.5 Å². The van der Waals surface area contributed by atoms with Crippen molar-refractivity contribution in [3.63, 3.8) is 0 Å². The summed E-state index contributed by atoms with van der Waals surface area (Å²) in [6.07, 6.45) is 23.9. The van der Waals surface area contributed by atoms with E-state index >= 15 is 0 Å². The lowest BCUT2D eigenvalue weighted by atomic mass is 9.74. The number of unbranched alkanes of at least 4 members (excludes halogenated alkanes) is 6. The van der Waals surface area contributed by atoms with Gasteiger partial charge >= 0.3 is 0 Å². The highest BCUT2D eigenvalue weighted by atomic mass is 19.2. The first kappa shape index (κ1) is 28.5. The summed E-state index contributed by atoms with van der Waals surface area (Å²) in [7, 11) is 0. The third-order valence-electron chi connectivity index (χ3n) is 9.03. The molecule has 0 aliphatic heterocycles. The smallest absolute Gasteiger partial charge is 0.200 e. The number of hydrogen-bond acceptors (Lipinski definition) is 1. The third kappa shape index (κ3) is 9.36. The maximum absolute atomic E-state index is 14.9. The van der Waals surface area contributed by atoms with Gasteiger partial charge in [-0.3, -0.25) is 0 Å². The fourth-order valence-corrected chi connectivity index (χ4v) is 6.57. The molecular weight excluding hydrogens is 438 g/mol. The molecule has 0 heterocycles. The van der Waals surface area contributed by atoms with Crippen LogP contribution in [-0.4, -0.2) is 6.61 Å². The molecule has 2 aliphatic rings. The molecule has 0 bridgehead atoms. The fraction of sp³-hybridized carbons (Fsp3) is 0.812. The van der Waals surface area contributed by atoms with Crippen molar-refractivity contribution in [3.05, 3.63) is 29.3 Å². The van der Waals surface area contributed by atoms with E-state index in [0.29, 0.717) is 12.2 Å². The molecule has 0 aromatic heterocycles. The molecule has 0 amide bonds. The van der Waals surface area contributed by atoms with Gasteiger partial charge in [0.05, 0.1) is 6.61 Å². The lowest BCUT2D eigenvalue weighted by Gasteiger charge is -2.32. The molecule has 1 aromatic rings. The molecule has 1 aromatic carbocycles. The lowest BCUT2D eigenvalue weighted by Crippen LogP contribution is -2.18. The maximum atomic E-state index is 14.9. The van der Waals surface area contributed by atoms with Crippen LogP contribution in [0, 0.1) is 29.4 Å². The molecule has 0 unspecified atom stereocenters. The summed E-state index contributed by atoms with van der Waals surface area (Å²) >= 11 is 0. The first-order valence-electron chi connectivity index (χ1n) is 15.2. The topological polar surface area (TPSA) is 9.23 Å². The summed E-state index contributed by atoms with van der Waals surface area (Å²) in [6.45, 7) is 4.97. The van der Waals surface area contributed by atoms with Crippen molar-refractivity contribution in [1.29, 1.82) is 0 Å². The summed E-state index contributed by atoms with van der Waals surface area (Å²) in [6, 6.07) is 3.45. The monoisotopic (exact) mass is 490 g/mol. The van der Waals surface area contributed by atoms with Gasteiger partial charge in [-0.2, -0.15) is 4.39 Å². The minimum Gasteiger partial charge on any atom is -0.490 e. The Labute approximate surface area is 214 Å². The second kappa shape index (κ2) is 15.9. The SMILES string of the molecule is CCCCCCCCOc1ccc([C@H]2CC[C@H](CC[C@H]3CC[C@H](CCCC)CC3)CC2)c(F)c1F. The second-order valence-corrected chi connectivity index (χ2v) is 11.7. The highest BCUT2D eigenvalue weighted by Gasteiger charge is 2.28. The first-order valence-corrected chi connectivity index (χ1v) is 15.2. The van der Waals surface area contributed by atoms with Gasteiger partial charge in [-0.1, -0.05) is 110 Å². The van der Waals surface area contributed by atoms with E-state index in [4.69, 9.17) is 4.74 Å². The van der Waals surface area contributed by atoms with E-state index in [2.05, 4.69) is 13.8 Å². The summed E-state index contributed by atoms with van der Waals surface area (Å²) in [5.74, 6) is 1.47. The molecule has 1 nitrogen and oxygen atoms in total. The third-order valence-corrected chi connectivity index (χ3v) is 9.03. The van der Waals surface area contributed by atoms with Crippen LogP contribution >= 0.6 is 0 Å². The van der Waals surface area contributed by atoms with Crippen LogP contribution in [0.2, 0.25) is 0 Å². The van der Waals surface area contributed by atoms with Gasteiger partial charge in [-0.25, -0.2) is 4.39 Å². The Morgan fingerprint density at radius 1 is 0.629 bits per heavy atom. The molecule has 2 saturated carbocycles. The van der Waals surface area contributed by atoms with Crippen molar-refractivity contribution in [3.8, 4) is 5.75 Å². The van der Waals surface area contributed by atoms with Gasteiger partial charge in [0.2, 0.25) is 5.82 Å². The Balaban J connectivity index is 1.35. The van der Waals surface area contributed by atoms with Gasteiger partial charge < -0.3 is 4.74 Å². The zero-order chi connectivity index (χ0) is 24.9. The number of rotatable bonds is 15. The van der Waals surface area contributed by atoms with Crippen LogP contribution in [0.15, 0.2) is 12.1 Å². The van der Waals surface area contributed by atoms with Crippen molar-refractivity contribution in [2.24, 2.45) is 17.8 Å². The van der Waals surface area contributed by atoms with Crippen molar-refractivity contribution in [2.45, 2.75) is 142 Å². The standard InChI is InChI=1S/C32H52F2O/c1-3-5-7-8-9-10-24-35-30-23-22-29(31(33)32(30)34)28-20-18-27(19-21-28)17-16-26-14-12-25(13-15-26)11-6-4-2/h22-23,25-28H,3-21,24H2,1-2H3/t25-,26-,27-,28-. The van der Waals surface area contributed by atoms with Crippen LogP contribution in [0.5, 0.6) is 5.75 Å². The number of benzene rings is 1. The predicted molar refractivity (Wildman–Crippen MR) is 144 cm³/mol. The normalized spacial score (nSPS) is 25.0. The molecule has 35 heavy (non-hydrogen) atoms. The zero-order valence-electron chi connectivity index (χ0n) is 22.8. The molecule has 3 rings (SSSR count). The predicted octanol–water partition coefficient (Wildman–Crippen LogP) is 10.8. The summed E-state index contributed by atoms with van der Waals surface area (Å²) in [5.41, 5.74) is 0.568. The Bertz CT molecular complexity index is 702. The molecule has 0 radical (unpaired) electrons. The van der Waals surface area contributed by atoms with Crippen LogP contribution in [0.25, 0.3) is 0 Å². The van der Waals surface area contributed by atoms with E-state index in [1.807, 2.05) is 0 Å². The average Bonchev–Trinajstić information content (AvgIpc) is 2.89. The van der Waals surface area contributed by atoms with E-state index in [0.717, 1.165) is 56.3 Å². The Kier molecular flexibility index (Phi) is 12.9. The van der Waals surface area contributed by atoms with Crippen LogP contribution in [0.1, 0.15) is 147 Å². The summed E-state index contributed by atoms with van der Waals surface area (Å²) < 4.78 is 35.2. The molecule has 0 atom stereocenters. The van der Waals surface area contributed by atoms with Crippen molar-refractivity contribution in [1.82, 2.24) is 0 Å². The summed E-state index contributed by atoms with van der Waals surface area (Å²) in [5, 5.41) is 0. The van der Waals surface area contributed by atoms with Crippen molar-refractivity contribution < 1.29 is 13.5 Å². The quantitative estimate of drug-likeness (QED) is 0.222. The molecular formula is C32H52F2O. The van der Waals surface area contributed by atoms with E-state index in [1.54, 1.807) is 12.1 Å². The Morgan fingerprint density at radius 2 is 1.17 bits per heavy atom. The zero-order valence-corrected chi connectivity index (χ0v) is 22.8. The molecule has 2 aliphatic carbocycles. The number of ether oxygens (including phenoxy) is 1. The van der Waals surface area contributed by atoms with Gasteiger partial charge in [0.15, 0.2) is 11.6 Å². The van der Waals surface area contributed by atoms with Crippen LogP contribution in [-0.2, 0) is 0 Å². The Morgan fingerprint density at radius 3 is 1.80 bits per heavy atom. The van der Waals surface area contributed by atoms with E-state index in [9.17, 15) is 8.78 Å². The highest BCUT2D eigenvalue weighted by Crippen LogP contribution is 2.41. The Hall–Kier alpha value is -1.12. The van der Waals surface area contributed by atoms with Gasteiger partial charge in [-0.15, -0.1) is 0 Å². The van der Waals surface area contributed by atoms with Gasteiger partial charge in [0.25, 0.3) is 0 Å². The van der Waals surface area contributed by atoms with Gasteiger partial charge in [0, 0.05) is 0 Å². The first-order chi connectivity index (χ1) is 17.1. The van der Waals surface area contributed by atoms with Crippen LogP contribution in [0.4, 0.5) is 8.78 Å². The minimum absolute atomic E-state index is 0.0814. The fourth-order valence-electron chi connectivity index (χ4n) is 6.57. The van der Waals surface area contributed by atoms with Gasteiger partial charge in [0.1, 0.15) is 0 Å². The largest absolute Gasteiger partial charge is 0.490 e. The summed E-state index contributed by atoms with van der Waals surface area (Å²) in [4.78, 5) is 0. The molecule has 2 fully saturated rings. The number of halogens is 2. The second-order valence-electron chi connectivity index (χ2n) is 11.7. The molecule has 3 heteroatoms. The number of hydrogen-bond donors (Lipinski definition) is 0. The minimum atomic E-state index is -0.787. The maximum Gasteiger partial charge on any atom is 0.200 e. The van der Waals surface area contributed by atoms with Gasteiger partial charge in [-0.05, 0) is 67.4 Å². The van der Waals surface area contributed by atoms with Crippen LogP contribution in [0.3, 0.4) is 0 Å². The lowest BCUT2D eigenvalue weighted by molar-refractivity contribution is 0.222. The molecule has 0 saturated heterocycles. The van der Waals surface area contributed by atoms with E-state index < -0.39 is 11.6 Å². The molecule has 200 valence electrons. The van der Waals surface area contributed by atoms with Crippen molar-refractivity contribution in [2.75, 3.05) is 6.61 Å². The van der Waals surface area contributed by atoms with Crippen LogP contribution < -0.4 is 4.74 Å². The van der Waals surface area contributed by atoms with Crippen molar-refractivity contribution >= 4 is 0 Å². The molecule has 0 N–H and O–H groups in total.